The molecule has 2 amide bonds. The van der Waals surface area contributed by atoms with Gasteiger partial charge in [0.1, 0.15) is 5.75 Å². The number of halogens is 1. The van der Waals surface area contributed by atoms with E-state index in [2.05, 4.69) is 15.9 Å². The lowest BCUT2D eigenvalue weighted by atomic mass is 10.1. The molecule has 7 heteroatoms. The van der Waals surface area contributed by atoms with E-state index in [4.69, 9.17) is 4.74 Å². The Morgan fingerprint density at radius 3 is 2.28 bits per heavy atom. The summed E-state index contributed by atoms with van der Waals surface area (Å²) >= 11 is 3.41. The first-order valence-electron chi connectivity index (χ1n) is 9.52. The number of benzene rings is 2. The molecule has 0 atom stereocenters. The quantitative estimate of drug-likeness (QED) is 0.509. The lowest BCUT2D eigenvalue weighted by molar-refractivity contribution is -0.133. The SMILES string of the molecule is CC(=O)Oc1cccc(C(=O)N2CCN(C(=O)CCc3ccc(Br)cc3)CC2)c1. The topological polar surface area (TPSA) is 66.9 Å². The Morgan fingerprint density at radius 2 is 1.62 bits per heavy atom. The Hall–Kier alpha value is -2.67. The minimum Gasteiger partial charge on any atom is -0.427 e. The first-order chi connectivity index (χ1) is 13.9. The molecule has 3 rings (SSSR count). The molecule has 0 saturated carbocycles. The van der Waals surface area contributed by atoms with Crippen LogP contribution in [0.15, 0.2) is 53.0 Å². The lowest BCUT2D eigenvalue weighted by Crippen LogP contribution is -2.50. The first-order valence-corrected chi connectivity index (χ1v) is 10.3. The van der Waals surface area contributed by atoms with Gasteiger partial charge in [0.25, 0.3) is 5.91 Å². The average Bonchev–Trinajstić information content (AvgIpc) is 2.72. The first kappa shape index (κ1) is 21.0. The maximum absolute atomic E-state index is 12.7. The molecule has 0 spiro atoms. The molecule has 1 heterocycles. The minimum atomic E-state index is -0.426. The van der Waals surface area contributed by atoms with Crippen LogP contribution < -0.4 is 4.74 Å². The number of carbonyl (C=O) groups excluding carboxylic acids is 3. The fraction of sp³-hybridized carbons (Fsp3) is 0.318. The highest BCUT2D eigenvalue weighted by Crippen LogP contribution is 2.17. The number of aryl methyl sites for hydroxylation is 1. The third kappa shape index (κ3) is 5.90. The molecule has 2 aromatic carbocycles. The predicted octanol–water partition coefficient (Wildman–Crippen LogP) is 3.29. The van der Waals surface area contributed by atoms with Crippen molar-refractivity contribution < 1.29 is 19.1 Å². The summed E-state index contributed by atoms with van der Waals surface area (Å²) < 4.78 is 6.07. The van der Waals surface area contributed by atoms with Crippen molar-refractivity contribution in [2.75, 3.05) is 26.2 Å². The number of rotatable bonds is 5. The summed E-state index contributed by atoms with van der Waals surface area (Å²) in [5.41, 5.74) is 1.60. The van der Waals surface area contributed by atoms with E-state index in [-0.39, 0.29) is 11.8 Å². The average molecular weight is 459 g/mol. The van der Waals surface area contributed by atoms with Gasteiger partial charge in [0.15, 0.2) is 0 Å². The van der Waals surface area contributed by atoms with Gasteiger partial charge < -0.3 is 14.5 Å². The molecule has 1 saturated heterocycles. The Bertz CT molecular complexity index is 890. The van der Waals surface area contributed by atoms with E-state index in [0.29, 0.717) is 50.3 Å². The van der Waals surface area contributed by atoms with E-state index in [1.807, 2.05) is 29.2 Å². The number of ether oxygens (including phenoxy) is 1. The van der Waals surface area contributed by atoms with Crippen molar-refractivity contribution in [3.05, 3.63) is 64.1 Å². The van der Waals surface area contributed by atoms with E-state index in [9.17, 15) is 14.4 Å². The zero-order valence-electron chi connectivity index (χ0n) is 16.3. The van der Waals surface area contributed by atoms with Crippen LogP contribution >= 0.6 is 15.9 Å². The fourth-order valence-corrected chi connectivity index (χ4v) is 3.52. The van der Waals surface area contributed by atoms with Crippen molar-refractivity contribution in [2.45, 2.75) is 19.8 Å². The van der Waals surface area contributed by atoms with Gasteiger partial charge in [-0.05, 0) is 42.3 Å². The van der Waals surface area contributed by atoms with Crippen LogP contribution in [0.25, 0.3) is 0 Å². The second-order valence-electron chi connectivity index (χ2n) is 6.92. The van der Waals surface area contributed by atoms with Crippen molar-refractivity contribution in [1.29, 1.82) is 0 Å². The molecule has 0 aromatic heterocycles. The van der Waals surface area contributed by atoms with E-state index < -0.39 is 5.97 Å². The maximum atomic E-state index is 12.7. The van der Waals surface area contributed by atoms with Gasteiger partial charge in [-0.3, -0.25) is 14.4 Å². The van der Waals surface area contributed by atoms with Gasteiger partial charge >= 0.3 is 5.97 Å². The van der Waals surface area contributed by atoms with E-state index in [0.717, 1.165) is 10.0 Å². The van der Waals surface area contributed by atoms with Crippen LogP contribution in [0.4, 0.5) is 0 Å². The normalized spacial score (nSPS) is 13.9. The van der Waals surface area contributed by atoms with Crippen molar-refractivity contribution in [1.82, 2.24) is 9.80 Å². The molecule has 2 aromatic rings. The van der Waals surface area contributed by atoms with Crippen LogP contribution in [0, 0.1) is 0 Å². The second kappa shape index (κ2) is 9.69. The summed E-state index contributed by atoms with van der Waals surface area (Å²) in [6.45, 7) is 3.34. The molecule has 152 valence electrons. The number of piperazine rings is 1. The van der Waals surface area contributed by atoms with Gasteiger partial charge in [0.2, 0.25) is 5.91 Å². The summed E-state index contributed by atoms with van der Waals surface area (Å²) in [5.74, 6) is -0.0900. The Morgan fingerprint density at radius 1 is 0.966 bits per heavy atom. The number of amides is 2. The van der Waals surface area contributed by atoms with Crippen molar-refractivity contribution in [2.24, 2.45) is 0 Å². The zero-order valence-corrected chi connectivity index (χ0v) is 17.9. The summed E-state index contributed by atoms with van der Waals surface area (Å²) in [4.78, 5) is 39.9. The van der Waals surface area contributed by atoms with E-state index in [1.54, 1.807) is 29.2 Å². The molecule has 0 bridgehead atoms. The minimum absolute atomic E-state index is 0.108. The smallest absolute Gasteiger partial charge is 0.308 e. The van der Waals surface area contributed by atoms with E-state index in [1.165, 1.54) is 6.92 Å². The van der Waals surface area contributed by atoms with Gasteiger partial charge in [-0.2, -0.15) is 0 Å². The fourth-order valence-electron chi connectivity index (χ4n) is 3.26. The van der Waals surface area contributed by atoms with Gasteiger partial charge in [-0.25, -0.2) is 0 Å². The third-order valence-electron chi connectivity index (χ3n) is 4.80. The summed E-state index contributed by atoms with van der Waals surface area (Å²) in [5, 5.41) is 0. The molecule has 6 nitrogen and oxygen atoms in total. The van der Waals surface area contributed by atoms with Gasteiger partial charge in [-0.15, -0.1) is 0 Å². The Balaban J connectivity index is 1.50. The van der Waals surface area contributed by atoms with Crippen LogP contribution in [0.5, 0.6) is 5.75 Å². The summed E-state index contributed by atoms with van der Waals surface area (Å²) in [6, 6.07) is 14.6. The molecule has 1 fully saturated rings. The highest BCUT2D eigenvalue weighted by atomic mass is 79.9. The third-order valence-corrected chi connectivity index (χ3v) is 5.33. The molecule has 0 aliphatic carbocycles. The zero-order chi connectivity index (χ0) is 20.8. The second-order valence-corrected chi connectivity index (χ2v) is 7.84. The molecule has 0 N–H and O–H groups in total. The number of hydrogen-bond donors (Lipinski definition) is 0. The van der Waals surface area contributed by atoms with Crippen molar-refractivity contribution in [3.63, 3.8) is 0 Å². The van der Waals surface area contributed by atoms with E-state index >= 15 is 0 Å². The highest BCUT2D eigenvalue weighted by molar-refractivity contribution is 9.10. The van der Waals surface area contributed by atoms with Crippen LogP contribution in [0.2, 0.25) is 0 Å². The Kier molecular flexibility index (Phi) is 7.04. The Labute approximate surface area is 178 Å². The highest BCUT2D eigenvalue weighted by Gasteiger charge is 2.25. The number of carbonyl (C=O) groups is 3. The lowest BCUT2D eigenvalue weighted by Gasteiger charge is -2.35. The molecular formula is C22H23BrN2O4. The van der Waals surface area contributed by atoms with Crippen LogP contribution in [-0.2, 0) is 16.0 Å². The standard InChI is InChI=1S/C22H23BrN2O4/c1-16(26)29-20-4-2-3-18(15-20)22(28)25-13-11-24(12-14-25)21(27)10-7-17-5-8-19(23)9-6-17/h2-6,8-9,15H,7,10-14H2,1H3. The summed E-state index contributed by atoms with van der Waals surface area (Å²) in [7, 11) is 0. The largest absolute Gasteiger partial charge is 0.427 e. The van der Waals surface area contributed by atoms with Crippen LogP contribution in [0.1, 0.15) is 29.3 Å². The number of nitrogens with zero attached hydrogens (tertiary/aromatic N) is 2. The van der Waals surface area contributed by atoms with Gasteiger partial charge in [-0.1, -0.05) is 34.1 Å². The van der Waals surface area contributed by atoms with Crippen molar-refractivity contribution in [3.8, 4) is 5.75 Å². The molecule has 1 aliphatic rings. The molecule has 29 heavy (non-hydrogen) atoms. The van der Waals surface area contributed by atoms with Crippen LogP contribution in [0.3, 0.4) is 0 Å². The molecule has 0 radical (unpaired) electrons. The maximum Gasteiger partial charge on any atom is 0.308 e. The van der Waals surface area contributed by atoms with Gasteiger partial charge in [0.05, 0.1) is 0 Å². The molecule has 1 aliphatic heterocycles. The predicted molar refractivity (Wildman–Crippen MR) is 113 cm³/mol. The monoisotopic (exact) mass is 458 g/mol. The summed E-state index contributed by atoms with van der Waals surface area (Å²) in [6.07, 6.45) is 1.16. The van der Waals surface area contributed by atoms with Crippen LogP contribution in [-0.4, -0.2) is 53.8 Å². The van der Waals surface area contributed by atoms with Crippen molar-refractivity contribution >= 4 is 33.7 Å². The number of esters is 1. The molecular weight excluding hydrogens is 436 g/mol. The molecule has 0 unspecified atom stereocenters. The number of hydrogen-bond acceptors (Lipinski definition) is 4. The van der Waals surface area contributed by atoms with Gasteiger partial charge in [0, 0.05) is 49.6 Å².